The van der Waals surface area contributed by atoms with Crippen molar-refractivity contribution in [3.05, 3.63) is 152 Å². The summed E-state index contributed by atoms with van der Waals surface area (Å²) in [5.41, 5.74) is 9.89. The SMILES string of the molecule is CCCCC(=O)N1CCC(C2c3ncc(Br)cc3CCc3cc(Cl)cc(Cl)c32)CC1.O=C(CCCN1C(=O)c2cccnc2C1=O)N1CCC(C2c3ncc(Br)cc3CCc3cc(Cl)cc(Cl)c32)CC1. The lowest BCUT2D eigenvalue weighted by Gasteiger charge is -2.37. The number of imide groups is 1. The third-order valence-corrected chi connectivity index (χ3v) is 16.7. The Bertz CT molecular complexity index is 2800. The van der Waals surface area contributed by atoms with Crippen LogP contribution in [0.4, 0.5) is 0 Å². The van der Waals surface area contributed by atoms with E-state index in [0.29, 0.717) is 58.4 Å². The summed E-state index contributed by atoms with van der Waals surface area (Å²) in [5.74, 6) is 0.462. The average molecular weight is 1150 g/mol. The van der Waals surface area contributed by atoms with Crippen LogP contribution >= 0.6 is 78.3 Å². The second-order valence-electron chi connectivity index (χ2n) is 19.1. The van der Waals surface area contributed by atoms with Gasteiger partial charge in [-0.25, -0.2) is 0 Å². The number of amides is 4. The van der Waals surface area contributed by atoms with Crippen LogP contribution in [-0.4, -0.2) is 86.0 Å². The molecule has 366 valence electrons. The third kappa shape index (κ3) is 10.9. The third-order valence-electron chi connectivity index (χ3n) is 14.8. The van der Waals surface area contributed by atoms with E-state index in [2.05, 4.69) is 62.0 Å². The van der Waals surface area contributed by atoms with Gasteiger partial charge >= 0.3 is 0 Å². The first-order valence-corrected chi connectivity index (χ1v) is 27.5. The summed E-state index contributed by atoms with van der Waals surface area (Å²) in [5, 5.41) is 2.74. The lowest BCUT2D eigenvalue weighted by Crippen LogP contribution is -2.40. The maximum atomic E-state index is 13.1. The van der Waals surface area contributed by atoms with Crippen LogP contribution in [0.2, 0.25) is 20.1 Å². The minimum atomic E-state index is -0.390. The van der Waals surface area contributed by atoms with E-state index in [0.717, 1.165) is 108 Å². The smallest absolute Gasteiger partial charge is 0.280 e. The van der Waals surface area contributed by atoms with Crippen LogP contribution in [0.1, 0.15) is 142 Å². The molecule has 6 heterocycles. The van der Waals surface area contributed by atoms with E-state index >= 15 is 0 Å². The van der Waals surface area contributed by atoms with Gasteiger partial charge in [0.05, 0.1) is 17.0 Å². The van der Waals surface area contributed by atoms with E-state index in [-0.39, 0.29) is 48.2 Å². The second kappa shape index (κ2) is 22.5. The Hall–Kier alpha value is -3.91. The number of unbranched alkanes of at least 4 members (excludes halogenated alkanes) is 1. The molecule has 4 amide bonds. The number of aromatic nitrogens is 3. The molecule has 10 nitrogen and oxygen atoms in total. The number of fused-ring (bicyclic) bond motifs is 5. The Kier molecular flexibility index (Phi) is 16.4. The second-order valence-corrected chi connectivity index (χ2v) is 22.6. The van der Waals surface area contributed by atoms with Gasteiger partial charge < -0.3 is 9.80 Å². The maximum absolute atomic E-state index is 13.1. The molecule has 0 saturated carbocycles. The quantitative estimate of drug-likeness (QED) is 0.135. The predicted molar refractivity (Wildman–Crippen MR) is 282 cm³/mol. The molecule has 0 spiro atoms. The topological polar surface area (TPSA) is 117 Å². The summed E-state index contributed by atoms with van der Waals surface area (Å²) in [4.78, 5) is 69.6. The highest BCUT2D eigenvalue weighted by Gasteiger charge is 2.39. The molecular formula is C54H54Br2Cl4N6O4. The monoisotopic (exact) mass is 1150 g/mol. The molecule has 0 bridgehead atoms. The molecule has 70 heavy (non-hydrogen) atoms. The summed E-state index contributed by atoms with van der Waals surface area (Å²) in [7, 11) is 0. The van der Waals surface area contributed by atoms with Gasteiger partial charge in [-0.1, -0.05) is 59.7 Å². The molecule has 2 unspecified atom stereocenters. The molecule has 5 aromatic rings. The van der Waals surface area contributed by atoms with Crippen molar-refractivity contribution in [2.75, 3.05) is 32.7 Å². The van der Waals surface area contributed by atoms with Crippen LogP contribution in [0.5, 0.6) is 0 Å². The fourth-order valence-corrected chi connectivity index (χ4v) is 13.4. The van der Waals surface area contributed by atoms with Gasteiger partial charge in [-0.2, -0.15) is 0 Å². The molecule has 10 rings (SSSR count). The lowest BCUT2D eigenvalue weighted by molar-refractivity contribution is -0.133. The zero-order valence-corrected chi connectivity index (χ0v) is 45.2. The number of piperidine rings is 2. The van der Waals surface area contributed by atoms with E-state index in [4.69, 9.17) is 56.4 Å². The van der Waals surface area contributed by atoms with E-state index in [1.54, 1.807) is 12.1 Å². The predicted octanol–water partition coefficient (Wildman–Crippen LogP) is 12.9. The highest BCUT2D eigenvalue weighted by Crippen LogP contribution is 2.48. The number of aryl methyl sites for hydroxylation is 4. The fraction of sp³-hybridized carbons (Fsp3) is 0.426. The molecule has 16 heteroatoms. The van der Waals surface area contributed by atoms with Gasteiger partial charge in [0, 0.05) is 105 Å². The van der Waals surface area contributed by atoms with Crippen molar-refractivity contribution in [3.8, 4) is 0 Å². The summed E-state index contributed by atoms with van der Waals surface area (Å²) in [6, 6.07) is 15.4. The minimum Gasteiger partial charge on any atom is -0.343 e. The van der Waals surface area contributed by atoms with Crippen molar-refractivity contribution in [2.45, 2.75) is 102 Å². The molecule has 2 fully saturated rings. The number of hydrogen-bond acceptors (Lipinski definition) is 7. The van der Waals surface area contributed by atoms with Crippen LogP contribution < -0.4 is 0 Å². The fourth-order valence-electron chi connectivity index (χ4n) is 11.4. The lowest BCUT2D eigenvalue weighted by atomic mass is 9.76. The van der Waals surface area contributed by atoms with Crippen molar-refractivity contribution in [1.82, 2.24) is 29.7 Å². The number of halogens is 6. The van der Waals surface area contributed by atoms with Crippen molar-refractivity contribution in [1.29, 1.82) is 0 Å². The zero-order valence-electron chi connectivity index (χ0n) is 39.0. The van der Waals surface area contributed by atoms with Gasteiger partial charge in [-0.3, -0.25) is 39.0 Å². The van der Waals surface area contributed by atoms with Crippen LogP contribution in [0, 0.1) is 11.8 Å². The number of nitrogens with zero attached hydrogens (tertiary/aromatic N) is 6. The number of pyridine rings is 3. The van der Waals surface area contributed by atoms with Gasteiger partial charge in [0.15, 0.2) is 0 Å². The van der Waals surface area contributed by atoms with Crippen LogP contribution in [0.25, 0.3) is 0 Å². The molecule has 2 atom stereocenters. The summed E-state index contributed by atoms with van der Waals surface area (Å²) >= 11 is 33.5. The molecule has 0 radical (unpaired) electrons. The molecular weight excluding hydrogens is 1100 g/mol. The molecule has 3 aromatic heterocycles. The maximum Gasteiger partial charge on any atom is 0.280 e. The standard InChI is InChI=1S/C30H27BrCl2N4O3.C24H27BrCl2N2O/c31-20-13-19-6-5-18-14-21(32)15-23(33)25(18)26(27(19)35-16-20)17-7-11-36(12-8-17)24(38)4-2-10-37-29(39)22-3-1-9-34-28(22)30(37)40;1-2-3-4-21(30)29-9-7-15(8-10-29)23-22-16(12-19(26)13-20(22)27)5-6-17-11-18(25)14-28-24(17)23/h1,3,9,13-17,26H,2,4-8,10-12H2;11-15,23H,2-10H2,1H3. The molecule has 3 aliphatic heterocycles. The Balaban J connectivity index is 0.000000181. The normalized spacial score (nSPS) is 19.0. The first kappa shape index (κ1) is 51.0. The summed E-state index contributed by atoms with van der Waals surface area (Å²) in [6.45, 7) is 5.24. The van der Waals surface area contributed by atoms with E-state index in [9.17, 15) is 19.2 Å². The Morgan fingerprint density at radius 3 is 1.57 bits per heavy atom. The molecule has 0 N–H and O–H groups in total. The zero-order chi connectivity index (χ0) is 49.2. The van der Waals surface area contributed by atoms with Crippen LogP contribution in [-0.2, 0) is 35.3 Å². The van der Waals surface area contributed by atoms with Gasteiger partial charge in [-0.05, 0) is 190 Å². The Morgan fingerprint density at radius 1 is 0.629 bits per heavy atom. The number of benzene rings is 2. The average Bonchev–Trinajstić information content (AvgIpc) is 3.45. The molecule has 5 aliphatic rings. The largest absolute Gasteiger partial charge is 0.343 e. The number of carbonyl (C=O) groups excluding carboxylic acids is 4. The Morgan fingerprint density at radius 2 is 1.10 bits per heavy atom. The van der Waals surface area contributed by atoms with E-state index < -0.39 is 5.91 Å². The first-order chi connectivity index (χ1) is 33.8. The highest BCUT2D eigenvalue weighted by molar-refractivity contribution is 9.10. The van der Waals surface area contributed by atoms with E-state index in [1.807, 2.05) is 40.4 Å². The van der Waals surface area contributed by atoms with Gasteiger partial charge in [0.2, 0.25) is 11.8 Å². The van der Waals surface area contributed by atoms with Crippen LogP contribution in [0.3, 0.4) is 0 Å². The van der Waals surface area contributed by atoms with Crippen LogP contribution in [0.15, 0.2) is 76.1 Å². The van der Waals surface area contributed by atoms with Gasteiger partial charge in [-0.15, -0.1) is 0 Å². The Labute approximate surface area is 446 Å². The molecule has 2 aliphatic carbocycles. The molecule has 2 aromatic carbocycles. The minimum absolute atomic E-state index is 0.0325. The summed E-state index contributed by atoms with van der Waals surface area (Å²) in [6.07, 6.45) is 15.8. The van der Waals surface area contributed by atoms with Crippen molar-refractivity contribution in [2.24, 2.45) is 11.8 Å². The number of carbonyl (C=O) groups is 4. The van der Waals surface area contributed by atoms with Gasteiger partial charge in [0.1, 0.15) is 5.69 Å². The number of hydrogen-bond donors (Lipinski definition) is 0. The number of likely N-dealkylation sites (tertiary alicyclic amines) is 2. The van der Waals surface area contributed by atoms with Crippen molar-refractivity contribution in [3.63, 3.8) is 0 Å². The van der Waals surface area contributed by atoms with Crippen molar-refractivity contribution < 1.29 is 19.2 Å². The number of rotatable bonds is 9. The first-order valence-electron chi connectivity index (χ1n) is 24.4. The summed E-state index contributed by atoms with van der Waals surface area (Å²) < 4.78 is 1.96. The molecule has 2 saturated heterocycles. The van der Waals surface area contributed by atoms with Crippen molar-refractivity contribution >= 4 is 102 Å². The highest BCUT2D eigenvalue weighted by atomic mass is 79.9. The van der Waals surface area contributed by atoms with E-state index in [1.165, 1.54) is 38.9 Å². The van der Waals surface area contributed by atoms with Gasteiger partial charge in [0.25, 0.3) is 11.8 Å².